The van der Waals surface area contributed by atoms with Crippen LogP contribution in [0, 0.1) is 0 Å². The van der Waals surface area contributed by atoms with Gasteiger partial charge in [0.2, 0.25) is 5.91 Å². The van der Waals surface area contributed by atoms with Crippen LogP contribution in [0.2, 0.25) is 0 Å². The van der Waals surface area contributed by atoms with Crippen molar-refractivity contribution in [1.29, 1.82) is 0 Å². The van der Waals surface area contributed by atoms with Crippen molar-refractivity contribution in [2.75, 3.05) is 6.54 Å². The van der Waals surface area contributed by atoms with E-state index >= 15 is 0 Å². The highest BCUT2D eigenvalue weighted by atomic mass is 16.2. The van der Waals surface area contributed by atoms with E-state index in [1.54, 1.807) is 12.4 Å². The lowest BCUT2D eigenvalue weighted by Crippen LogP contribution is -2.51. The molecule has 2 atom stereocenters. The third-order valence-electron chi connectivity index (χ3n) is 5.19. The summed E-state index contributed by atoms with van der Waals surface area (Å²) in [7, 11) is 0. The average molecular weight is 322 g/mol. The molecule has 0 unspecified atom stereocenters. The van der Waals surface area contributed by atoms with Crippen LogP contribution in [-0.4, -0.2) is 44.3 Å². The molecule has 0 aliphatic carbocycles. The summed E-state index contributed by atoms with van der Waals surface area (Å²) in [4.78, 5) is 25.6. The zero-order chi connectivity index (χ0) is 16.4. The minimum atomic E-state index is 0.285. The predicted octanol–water partition coefficient (Wildman–Crippen LogP) is 2.24. The lowest BCUT2D eigenvalue weighted by molar-refractivity contribution is -0.138. The number of carbonyl (C=O) groups is 1. The summed E-state index contributed by atoms with van der Waals surface area (Å²) in [5, 5.41) is 0. The number of nitrogens with zero attached hydrogens (tertiary/aromatic N) is 4. The second-order valence-corrected chi connectivity index (χ2v) is 6.63. The highest BCUT2D eigenvalue weighted by Gasteiger charge is 2.42. The molecule has 2 aliphatic rings. The van der Waals surface area contributed by atoms with Gasteiger partial charge in [0.1, 0.15) is 0 Å². The Morgan fingerprint density at radius 2 is 1.88 bits per heavy atom. The van der Waals surface area contributed by atoms with E-state index in [9.17, 15) is 4.79 Å². The zero-order valence-corrected chi connectivity index (χ0v) is 13.7. The Labute approximate surface area is 142 Å². The van der Waals surface area contributed by atoms with Crippen LogP contribution < -0.4 is 0 Å². The van der Waals surface area contributed by atoms with Gasteiger partial charge in [0.05, 0.1) is 5.69 Å². The van der Waals surface area contributed by atoms with Crippen molar-refractivity contribution in [2.24, 2.45) is 0 Å². The molecule has 1 amide bonds. The van der Waals surface area contributed by atoms with E-state index in [-0.39, 0.29) is 5.91 Å². The number of carbonyl (C=O) groups excluding carboxylic acids is 1. The number of piperidine rings is 1. The molecular weight excluding hydrogens is 300 g/mol. The Kier molecular flexibility index (Phi) is 4.26. The maximum atomic E-state index is 12.5. The van der Waals surface area contributed by atoms with Crippen LogP contribution in [0.4, 0.5) is 0 Å². The molecule has 0 aromatic carbocycles. The summed E-state index contributed by atoms with van der Waals surface area (Å²) in [5.41, 5.74) is 2.26. The quantitative estimate of drug-likeness (QED) is 0.866. The lowest BCUT2D eigenvalue weighted by Gasteiger charge is -2.40. The number of likely N-dealkylation sites (tertiary alicyclic amines) is 2. The van der Waals surface area contributed by atoms with Crippen LogP contribution in [0.5, 0.6) is 0 Å². The maximum absolute atomic E-state index is 12.5. The van der Waals surface area contributed by atoms with Crippen molar-refractivity contribution in [3.63, 3.8) is 0 Å². The first-order chi connectivity index (χ1) is 11.8. The van der Waals surface area contributed by atoms with Crippen molar-refractivity contribution >= 4 is 5.91 Å². The molecule has 5 heteroatoms. The number of pyridine rings is 2. The summed E-state index contributed by atoms with van der Waals surface area (Å²) in [6.07, 6.45) is 8.10. The number of amides is 1. The molecule has 0 spiro atoms. The van der Waals surface area contributed by atoms with Gasteiger partial charge in [-0.05, 0) is 42.7 Å². The Morgan fingerprint density at radius 1 is 1.00 bits per heavy atom. The van der Waals surface area contributed by atoms with E-state index in [4.69, 9.17) is 0 Å². The van der Waals surface area contributed by atoms with Gasteiger partial charge < -0.3 is 4.90 Å². The van der Waals surface area contributed by atoms with Crippen molar-refractivity contribution < 1.29 is 4.79 Å². The molecule has 0 saturated carbocycles. The van der Waals surface area contributed by atoms with Crippen LogP contribution in [0.25, 0.3) is 0 Å². The number of hydrogen-bond donors (Lipinski definition) is 0. The monoisotopic (exact) mass is 322 g/mol. The van der Waals surface area contributed by atoms with Crippen molar-refractivity contribution in [3.05, 3.63) is 60.2 Å². The molecule has 0 bridgehead atoms. The molecule has 5 nitrogen and oxygen atoms in total. The van der Waals surface area contributed by atoms with Crippen LogP contribution >= 0.6 is 0 Å². The first-order valence-corrected chi connectivity index (χ1v) is 8.63. The fraction of sp³-hybridized carbons (Fsp3) is 0.421. The average Bonchev–Trinajstić information content (AvgIpc) is 3.02. The zero-order valence-electron chi connectivity index (χ0n) is 13.7. The van der Waals surface area contributed by atoms with Crippen molar-refractivity contribution in [1.82, 2.24) is 19.8 Å². The number of fused-ring (bicyclic) bond motifs is 1. The van der Waals surface area contributed by atoms with Crippen LogP contribution in [0.3, 0.4) is 0 Å². The summed E-state index contributed by atoms with van der Waals surface area (Å²) in [6.45, 7) is 2.60. The number of hydrogen-bond acceptors (Lipinski definition) is 4. The van der Waals surface area contributed by atoms with Crippen LogP contribution in [0.15, 0.2) is 48.9 Å². The Hall–Kier alpha value is -2.27. The summed E-state index contributed by atoms with van der Waals surface area (Å²) < 4.78 is 0. The van der Waals surface area contributed by atoms with E-state index in [1.165, 1.54) is 0 Å². The Balaban J connectivity index is 1.49. The fourth-order valence-corrected chi connectivity index (χ4v) is 4.02. The molecule has 2 fully saturated rings. The normalized spacial score (nSPS) is 24.2. The molecule has 2 aromatic heterocycles. The predicted molar refractivity (Wildman–Crippen MR) is 90.9 cm³/mol. The molecule has 0 radical (unpaired) electrons. The standard InChI is InChI=1S/C19H22N4O/c24-19-5-4-17-18(23(19)13-15-6-10-20-11-7-15)8-12-22(17)14-16-3-1-2-9-21-16/h1-3,6-7,9-11,17-18H,4-5,8,12-14H2/t17-,18-/m1/s1. The van der Waals surface area contributed by atoms with Gasteiger partial charge in [0.15, 0.2) is 0 Å². The minimum absolute atomic E-state index is 0.285. The van der Waals surface area contributed by atoms with Gasteiger partial charge >= 0.3 is 0 Å². The smallest absolute Gasteiger partial charge is 0.223 e. The molecule has 2 saturated heterocycles. The maximum Gasteiger partial charge on any atom is 0.223 e. The first-order valence-electron chi connectivity index (χ1n) is 8.63. The number of aromatic nitrogens is 2. The molecule has 2 aliphatic heterocycles. The molecule has 124 valence electrons. The van der Waals surface area contributed by atoms with Gasteiger partial charge in [0, 0.05) is 56.7 Å². The van der Waals surface area contributed by atoms with E-state index in [1.807, 2.05) is 30.5 Å². The molecule has 4 rings (SSSR count). The lowest BCUT2D eigenvalue weighted by atomic mass is 9.95. The molecular formula is C19H22N4O. The summed E-state index contributed by atoms with van der Waals surface area (Å²) in [5.74, 6) is 0.285. The highest BCUT2D eigenvalue weighted by molar-refractivity contribution is 5.77. The van der Waals surface area contributed by atoms with E-state index in [0.717, 1.165) is 37.2 Å². The second kappa shape index (κ2) is 6.69. The SMILES string of the molecule is O=C1CC[C@@H]2[C@@H](CCN2Cc2ccccn2)N1Cc1ccncc1. The molecule has 4 heterocycles. The van der Waals surface area contributed by atoms with Gasteiger partial charge in [-0.1, -0.05) is 6.07 Å². The topological polar surface area (TPSA) is 49.3 Å². The van der Waals surface area contributed by atoms with E-state index < -0.39 is 0 Å². The van der Waals surface area contributed by atoms with Crippen LogP contribution in [0.1, 0.15) is 30.5 Å². The summed E-state index contributed by atoms with van der Waals surface area (Å²) in [6, 6.07) is 10.8. The molecule has 24 heavy (non-hydrogen) atoms. The molecule has 0 N–H and O–H groups in total. The number of rotatable bonds is 4. The van der Waals surface area contributed by atoms with Gasteiger partial charge in [-0.25, -0.2) is 0 Å². The van der Waals surface area contributed by atoms with Gasteiger partial charge in [0.25, 0.3) is 0 Å². The largest absolute Gasteiger partial charge is 0.334 e. The van der Waals surface area contributed by atoms with Gasteiger partial charge in [-0.15, -0.1) is 0 Å². The Morgan fingerprint density at radius 3 is 2.67 bits per heavy atom. The highest BCUT2D eigenvalue weighted by Crippen LogP contribution is 2.33. The second-order valence-electron chi connectivity index (χ2n) is 6.63. The van der Waals surface area contributed by atoms with Crippen molar-refractivity contribution in [2.45, 2.75) is 44.4 Å². The van der Waals surface area contributed by atoms with Crippen molar-refractivity contribution in [3.8, 4) is 0 Å². The van der Waals surface area contributed by atoms with Crippen LogP contribution in [-0.2, 0) is 17.9 Å². The molecule has 2 aromatic rings. The van der Waals surface area contributed by atoms with Gasteiger partial charge in [-0.3, -0.25) is 19.7 Å². The van der Waals surface area contributed by atoms with E-state index in [0.29, 0.717) is 25.0 Å². The minimum Gasteiger partial charge on any atom is -0.334 e. The Bertz CT molecular complexity index is 691. The van der Waals surface area contributed by atoms with Gasteiger partial charge in [-0.2, -0.15) is 0 Å². The third-order valence-corrected chi connectivity index (χ3v) is 5.19. The first kappa shape index (κ1) is 15.3. The summed E-state index contributed by atoms with van der Waals surface area (Å²) >= 11 is 0. The third kappa shape index (κ3) is 3.04. The van der Waals surface area contributed by atoms with E-state index in [2.05, 4.69) is 25.8 Å². The fourth-order valence-electron chi connectivity index (χ4n) is 4.02.